The first kappa shape index (κ1) is 24.9. The number of aromatic nitrogens is 1. The lowest BCUT2D eigenvalue weighted by Crippen LogP contribution is -2.32. The number of nitrogen functional groups attached to an aromatic ring is 1. The van der Waals surface area contributed by atoms with Gasteiger partial charge in [-0.2, -0.15) is 0 Å². The summed E-state index contributed by atoms with van der Waals surface area (Å²) in [7, 11) is 0. The molecule has 2 aromatic rings. The maximum atomic E-state index is 12.6. The maximum absolute atomic E-state index is 12.6. The van der Waals surface area contributed by atoms with E-state index in [1.165, 1.54) is 6.07 Å². The SMILES string of the molecule is C=CCOc1cccc(CN(C(=O)OCC)c2cc(Br)nc(N)c2[N+](=O)[O-])c1.CC. The number of nitrogens with zero attached hydrogens (tertiary/aromatic N) is 3. The molecule has 1 aromatic heterocycles. The zero-order valence-corrected chi connectivity index (χ0v) is 18.7. The highest BCUT2D eigenvalue weighted by Crippen LogP contribution is 2.36. The van der Waals surface area contributed by atoms with Crippen LogP contribution in [0.4, 0.5) is 22.0 Å². The number of benzene rings is 1. The van der Waals surface area contributed by atoms with Gasteiger partial charge in [-0.05, 0) is 40.5 Å². The van der Waals surface area contributed by atoms with Gasteiger partial charge >= 0.3 is 11.8 Å². The fraction of sp³-hybridized carbons (Fsp3) is 0.300. The van der Waals surface area contributed by atoms with Crippen molar-refractivity contribution < 1.29 is 19.2 Å². The number of nitrogens with two attached hydrogens (primary N) is 1. The lowest BCUT2D eigenvalue weighted by atomic mass is 10.2. The Morgan fingerprint density at radius 3 is 2.70 bits per heavy atom. The van der Waals surface area contributed by atoms with Crippen molar-refractivity contribution >= 4 is 39.2 Å². The molecule has 0 saturated carbocycles. The van der Waals surface area contributed by atoms with Gasteiger partial charge in [-0.1, -0.05) is 38.6 Å². The average Bonchev–Trinajstić information content (AvgIpc) is 2.71. The minimum atomic E-state index is -0.750. The molecule has 0 saturated heterocycles. The van der Waals surface area contributed by atoms with Crippen LogP contribution in [-0.2, 0) is 11.3 Å². The molecule has 9 nitrogen and oxygen atoms in total. The minimum absolute atomic E-state index is 0.000849. The van der Waals surface area contributed by atoms with Crippen LogP contribution in [0.15, 0.2) is 47.6 Å². The second kappa shape index (κ2) is 12.4. The number of carbonyl (C=O) groups excluding carboxylic acids is 1. The number of ether oxygens (including phenoxy) is 2. The number of halogens is 1. The molecule has 2 N–H and O–H groups in total. The van der Waals surface area contributed by atoms with E-state index in [1.54, 1.807) is 37.3 Å². The zero-order valence-electron chi connectivity index (χ0n) is 17.1. The molecule has 2 rings (SSSR count). The Hall–Kier alpha value is -3.14. The zero-order chi connectivity index (χ0) is 22.7. The number of hydrogen-bond donors (Lipinski definition) is 1. The summed E-state index contributed by atoms with van der Waals surface area (Å²) in [6.07, 6.45) is 0.860. The van der Waals surface area contributed by atoms with Gasteiger partial charge < -0.3 is 15.2 Å². The van der Waals surface area contributed by atoms with Crippen LogP contribution in [0.25, 0.3) is 0 Å². The van der Waals surface area contributed by atoms with Crippen LogP contribution < -0.4 is 15.4 Å². The van der Waals surface area contributed by atoms with E-state index in [9.17, 15) is 14.9 Å². The fourth-order valence-corrected chi connectivity index (χ4v) is 2.83. The largest absolute Gasteiger partial charge is 0.490 e. The number of amides is 1. The summed E-state index contributed by atoms with van der Waals surface area (Å²) >= 11 is 3.16. The highest BCUT2D eigenvalue weighted by molar-refractivity contribution is 9.10. The van der Waals surface area contributed by atoms with Crippen LogP contribution in [0.2, 0.25) is 0 Å². The number of carbonyl (C=O) groups is 1. The van der Waals surface area contributed by atoms with Gasteiger partial charge in [0.2, 0.25) is 5.82 Å². The third-order valence-corrected chi connectivity index (χ3v) is 3.94. The Bertz CT molecular complexity index is 891. The summed E-state index contributed by atoms with van der Waals surface area (Å²) < 4.78 is 10.8. The first-order valence-corrected chi connectivity index (χ1v) is 10.0. The smallest absolute Gasteiger partial charge is 0.414 e. The van der Waals surface area contributed by atoms with Gasteiger partial charge in [0.25, 0.3) is 0 Å². The Kier molecular flexibility index (Phi) is 10.3. The van der Waals surface area contributed by atoms with Crippen LogP contribution >= 0.6 is 15.9 Å². The van der Waals surface area contributed by atoms with Crippen molar-refractivity contribution in [3.63, 3.8) is 0 Å². The molecule has 0 bridgehead atoms. The molecule has 0 atom stereocenters. The van der Waals surface area contributed by atoms with Crippen molar-refractivity contribution in [2.24, 2.45) is 0 Å². The van der Waals surface area contributed by atoms with Crippen molar-refractivity contribution in [1.82, 2.24) is 4.98 Å². The van der Waals surface area contributed by atoms with E-state index in [4.69, 9.17) is 15.2 Å². The quantitative estimate of drug-likeness (QED) is 0.241. The van der Waals surface area contributed by atoms with Crippen LogP contribution in [0.3, 0.4) is 0 Å². The van der Waals surface area contributed by atoms with E-state index in [0.717, 1.165) is 4.90 Å². The summed E-state index contributed by atoms with van der Waals surface area (Å²) in [6.45, 7) is 9.67. The second-order valence-electron chi connectivity index (χ2n) is 5.49. The Morgan fingerprint density at radius 2 is 2.10 bits per heavy atom. The molecule has 162 valence electrons. The molecule has 0 aliphatic carbocycles. The van der Waals surface area contributed by atoms with Crippen LogP contribution in [-0.4, -0.2) is 29.2 Å². The van der Waals surface area contributed by atoms with Gasteiger partial charge in [-0.15, -0.1) is 0 Å². The van der Waals surface area contributed by atoms with Crippen molar-refractivity contribution in [3.8, 4) is 5.75 Å². The summed E-state index contributed by atoms with van der Waals surface area (Å²) in [4.78, 5) is 28.4. The topological polar surface area (TPSA) is 121 Å². The van der Waals surface area contributed by atoms with Gasteiger partial charge in [0.05, 0.1) is 18.1 Å². The Labute approximate surface area is 183 Å². The van der Waals surface area contributed by atoms with Gasteiger partial charge in [-0.25, -0.2) is 9.78 Å². The summed E-state index contributed by atoms with van der Waals surface area (Å²) in [5, 5.41) is 11.5. The number of hydrogen-bond acceptors (Lipinski definition) is 7. The molecule has 1 heterocycles. The number of nitro groups is 1. The normalized spacial score (nSPS) is 9.73. The molecule has 0 aliphatic rings. The number of anilines is 2. The molecule has 0 aliphatic heterocycles. The third kappa shape index (κ3) is 6.73. The second-order valence-corrected chi connectivity index (χ2v) is 6.30. The van der Waals surface area contributed by atoms with E-state index in [-0.39, 0.29) is 29.3 Å². The summed E-state index contributed by atoms with van der Waals surface area (Å²) in [6, 6.07) is 8.34. The lowest BCUT2D eigenvalue weighted by molar-refractivity contribution is -0.383. The van der Waals surface area contributed by atoms with E-state index >= 15 is 0 Å². The molecule has 1 amide bonds. The molecule has 0 spiro atoms. The lowest BCUT2D eigenvalue weighted by Gasteiger charge is -2.22. The van der Waals surface area contributed by atoms with E-state index in [1.807, 2.05) is 13.8 Å². The molecule has 0 radical (unpaired) electrons. The van der Waals surface area contributed by atoms with E-state index in [0.29, 0.717) is 17.9 Å². The molecule has 10 heteroatoms. The molecule has 0 fully saturated rings. The monoisotopic (exact) mass is 480 g/mol. The van der Waals surface area contributed by atoms with Gasteiger partial charge in [0.1, 0.15) is 22.6 Å². The van der Waals surface area contributed by atoms with Crippen molar-refractivity contribution in [2.75, 3.05) is 23.8 Å². The van der Waals surface area contributed by atoms with Gasteiger partial charge in [0.15, 0.2) is 0 Å². The predicted octanol–water partition coefficient (Wildman–Crippen LogP) is 5.09. The Balaban J connectivity index is 0.00000218. The molecular formula is C20H25BrN4O5. The van der Waals surface area contributed by atoms with Crippen LogP contribution in [0, 0.1) is 10.1 Å². The van der Waals surface area contributed by atoms with Gasteiger partial charge in [0, 0.05) is 6.07 Å². The average molecular weight is 481 g/mol. The standard InChI is InChI=1S/C18H19BrN4O5.C2H6/c1-3-8-28-13-7-5-6-12(9-13)11-22(18(24)27-4-2)14-10-15(19)21-17(20)16(14)23(25)26;1-2/h3,5-7,9-10H,1,4,8,11H2,2H3,(H2,20,21);1-2H3. The highest BCUT2D eigenvalue weighted by atomic mass is 79.9. The molecular weight excluding hydrogens is 456 g/mol. The number of rotatable bonds is 8. The number of pyridine rings is 1. The van der Waals surface area contributed by atoms with E-state index in [2.05, 4.69) is 27.5 Å². The predicted molar refractivity (Wildman–Crippen MR) is 120 cm³/mol. The Morgan fingerprint density at radius 1 is 1.40 bits per heavy atom. The highest BCUT2D eigenvalue weighted by Gasteiger charge is 2.29. The minimum Gasteiger partial charge on any atom is -0.490 e. The van der Waals surface area contributed by atoms with Gasteiger partial charge in [-0.3, -0.25) is 15.0 Å². The van der Waals surface area contributed by atoms with Crippen molar-refractivity contribution in [2.45, 2.75) is 27.3 Å². The summed E-state index contributed by atoms with van der Waals surface area (Å²) in [5.41, 5.74) is 5.89. The first-order chi connectivity index (χ1) is 14.4. The first-order valence-electron chi connectivity index (χ1n) is 9.24. The molecule has 0 unspecified atom stereocenters. The van der Waals surface area contributed by atoms with E-state index < -0.39 is 16.7 Å². The maximum Gasteiger partial charge on any atom is 0.414 e. The third-order valence-electron chi connectivity index (χ3n) is 3.54. The van der Waals surface area contributed by atoms with Crippen LogP contribution in [0.5, 0.6) is 5.75 Å². The molecule has 30 heavy (non-hydrogen) atoms. The summed E-state index contributed by atoms with van der Waals surface area (Å²) in [5.74, 6) is 0.262. The van der Waals surface area contributed by atoms with Crippen molar-refractivity contribution in [1.29, 1.82) is 0 Å². The fourth-order valence-electron chi connectivity index (χ4n) is 2.43. The molecule has 1 aromatic carbocycles. The van der Waals surface area contributed by atoms with Crippen LogP contribution in [0.1, 0.15) is 26.3 Å². The van der Waals surface area contributed by atoms with Crippen molar-refractivity contribution in [3.05, 3.63) is 63.3 Å².